The van der Waals surface area contributed by atoms with Crippen LogP contribution in [0.1, 0.15) is 27.9 Å². The van der Waals surface area contributed by atoms with Crippen LogP contribution in [0.2, 0.25) is 0 Å². The highest BCUT2D eigenvalue weighted by atomic mass is 19.4. The van der Waals surface area contributed by atoms with Crippen molar-refractivity contribution in [1.82, 2.24) is 4.90 Å². The van der Waals surface area contributed by atoms with Gasteiger partial charge in [-0.1, -0.05) is 6.07 Å². The second-order valence-electron chi connectivity index (χ2n) is 8.98. The number of hydrogen-bond donors (Lipinski definition) is 1. The zero-order valence-corrected chi connectivity index (χ0v) is 19.4. The SMILES string of the molecule is COc1cccc(OC)c1C(=O)N1CC[C@@]2(CO)CN(c3ccc(C#N)c(C(F)(F)F)c3)C[C@H]2C1. The second kappa shape index (κ2) is 9.30. The van der Waals surface area contributed by atoms with Gasteiger partial charge in [-0.2, -0.15) is 18.4 Å². The lowest BCUT2D eigenvalue weighted by atomic mass is 9.73. The molecule has 0 aromatic heterocycles. The number of likely N-dealkylation sites (tertiary alicyclic amines) is 1. The molecule has 0 aliphatic carbocycles. The summed E-state index contributed by atoms with van der Waals surface area (Å²) in [6.45, 7) is 1.30. The number of halogens is 3. The van der Waals surface area contributed by atoms with Crippen molar-refractivity contribution in [3.05, 3.63) is 53.1 Å². The molecule has 0 unspecified atom stereocenters. The summed E-state index contributed by atoms with van der Waals surface area (Å²) in [5.41, 5.74) is -1.31. The molecule has 0 radical (unpaired) electrons. The summed E-state index contributed by atoms with van der Waals surface area (Å²) in [7, 11) is 2.94. The van der Waals surface area contributed by atoms with Crippen LogP contribution in [0.15, 0.2) is 36.4 Å². The van der Waals surface area contributed by atoms with Crippen molar-refractivity contribution in [3.8, 4) is 17.6 Å². The molecule has 1 amide bonds. The van der Waals surface area contributed by atoms with Crippen molar-refractivity contribution in [2.45, 2.75) is 12.6 Å². The maximum Gasteiger partial charge on any atom is 0.417 e. The van der Waals surface area contributed by atoms with Gasteiger partial charge in [0.25, 0.3) is 5.91 Å². The van der Waals surface area contributed by atoms with Crippen molar-refractivity contribution in [2.75, 3.05) is 51.9 Å². The molecule has 2 saturated heterocycles. The molecule has 2 aromatic carbocycles. The number of piperidine rings is 1. The van der Waals surface area contributed by atoms with Crippen molar-refractivity contribution >= 4 is 11.6 Å². The van der Waals surface area contributed by atoms with Crippen molar-refractivity contribution in [2.24, 2.45) is 11.3 Å². The summed E-state index contributed by atoms with van der Waals surface area (Å²) in [4.78, 5) is 16.9. The fraction of sp³-hybridized carbons (Fsp3) is 0.440. The first kappa shape index (κ1) is 24.7. The standard InChI is InChI=1S/C25H26F3N3O4/c1-34-20-4-3-5-21(35-2)22(20)23(33)30-9-8-24(15-32)14-31(13-17(24)12-30)18-7-6-16(11-29)19(10-18)25(26,27)28/h3-7,10,17,32H,8-9,12-15H2,1-2H3/t17-,24+/m1/s1. The van der Waals surface area contributed by atoms with Crippen LogP contribution in [0.3, 0.4) is 0 Å². The van der Waals surface area contributed by atoms with Crippen LogP contribution in [0.4, 0.5) is 18.9 Å². The molecule has 2 atom stereocenters. The Hall–Kier alpha value is -3.45. The first-order chi connectivity index (χ1) is 16.7. The number of rotatable bonds is 5. The Balaban J connectivity index is 1.60. The number of carbonyl (C=O) groups is 1. The summed E-state index contributed by atoms with van der Waals surface area (Å²) in [5.74, 6) is 0.357. The smallest absolute Gasteiger partial charge is 0.417 e. The highest BCUT2D eigenvalue weighted by Gasteiger charge is 2.50. The largest absolute Gasteiger partial charge is 0.496 e. The van der Waals surface area contributed by atoms with Gasteiger partial charge in [0.15, 0.2) is 0 Å². The molecule has 186 valence electrons. The normalized spacial score (nSPS) is 21.9. The second-order valence-corrected chi connectivity index (χ2v) is 8.98. The van der Waals surface area contributed by atoms with Gasteiger partial charge in [0.05, 0.1) is 38.0 Å². The third-order valence-electron chi connectivity index (χ3n) is 7.17. The van der Waals surface area contributed by atoms with E-state index >= 15 is 0 Å². The minimum Gasteiger partial charge on any atom is -0.496 e. The molecular weight excluding hydrogens is 463 g/mol. The zero-order chi connectivity index (χ0) is 25.4. The summed E-state index contributed by atoms with van der Waals surface area (Å²) in [6, 6.07) is 10.3. The average molecular weight is 489 g/mol. The fourth-order valence-corrected chi connectivity index (χ4v) is 5.20. The Bertz CT molecular complexity index is 1140. The van der Waals surface area contributed by atoms with E-state index in [1.807, 2.05) is 0 Å². The van der Waals surface area contributed by atoms with Crippen LogP contribution in [0.25, 0.3) is 0 Å². The quantitative estimate of drug-likeness (QED) is 0.692. The zero-order valence-electron chi connectivity index (χ0n) is 19.4. The van der Waals surface area contributed by atoms with Gasteiger partial charge >= 0.3 is 6.18 Å². The lowest BCUT2D eigenvalue weighted by Gasteiger charge is -2.42. The number of aliphatic hydroxyl groups excluding tert-OH is 1. The Morgan fingerprint density at radius 1 is 1.20 bits per heavy atom. The Morgan fingerprint density at radius 2 is 1.89 bits per heavy atom. The summed E-state index contributed by atoms with van der Waals surface area (Å²) < 4.78 is 51.2. The van der Waals surface area contributed by atoms with Gasteiger partial charge < -0.3 is 24.4 Å². The van der Waals surface area contributed by atoms with E-state index in [1.165, 1.54) is 26.4 Å². The number of carbonyl (C=O) groups excluding carboxylic acids is 1. The topological polar surface area (TPSA) is 86.0 Å². The van der Waals surface area contributed by atoms with Crippen molar-refractivity contribution < 1.29 is 32.5 Å². The number of alkyl halides is 3. The lowest BCUT2D eigenvalue weighted by Crippen LogP contribution is -2.50. The van der Waals surface area contributed by atoms with E-state index in [1.54, 1.807) is 34.1 Å². The molecule has 2 aliphatic rings. The maximum atomic E-state index is 13.5. The number of methoxy groups -OCH3 is 2. The monoisotopic (exact) mass is 489 g/mol. The molecule has 2 aliphatic heterocycles. The molecule has 2 aromatic rings. The Labute approximate surface area is 201 Å². The molecule has 2 fully saturated rings. The molecule has 4 rings (SSSR count). The maximum absolute atomic E-state index is 13.5. The van der Waals surface area contributed by atoms with E-state index in [4.69, 9.17) is 14.7 Å². The van der Waals surface area contributed by atoms with Crippen LogP contribution in [-0.4, -0.2) is 62.9 Å². The number of amides is 1. The fourth-order valence-electron chi connectivity index (χ4n) is 5.20. The van der Waals surface area contributed by atoms with Crippen molar-refractivity contribution in [3.63, 3.8) is 0 Å². The van der Waals surface area contributed by atoms with Crippen molar-refractivity contribution in [1.29, 1.82) is 5.26 Å². The summed E-state index contributed by atoms with van der Waals surface area (Å²) in [5, 5.41) is 19.4. The van der Waals surface area contributed by atoms with Gasteiger partial charge in [0.2, 0.25) is 0 Å². The van der Waals surface area contributed by atoms with Crippen LogP contribution in [0.5, 0.6) is 11.5 Å². The van der Waals surface area contributed by atoms with E-state index in [9.17, 15) is 23.1 Å². The van der Waals surface area contributed by atoms with Gasteiger partial charge in [0, 0.05) is 43.2 Å². The van der Waals surface area contributed by atoms with Gasteiger partial charge in [-0.05, 0) is 36.8 Å². The molecular formula is C25H26F3N3O4. The number of ether oxygens (including phenoxy) is 2. The minimum atomic E-state index is -4.65. The molecule has 35 heavy (non-hydrogen) atoms. The van der Waals surface area contributed by atoms with Crippen LogP contribution in [-0.2, 0) is 6.18 Å². The molecule has 0 bridgehead atoms. The van der Waals surface area contributed by atoms with Gasteiger partial charge in [-0.25, -0.2) is 0 Å². The van der Waals surface area contributed by atoms with Gasteiger partial charge in [-0.3, -0.25) is 4.79 Å². The highest BCUT2D eigenvalue weighted by molar-refractivity contribution is 5.99. The predicted octanol–water partition coefficient (Wildman–Crippen LogP) is 3.56. The number of hydrogen-bond acceptors (Lipinski definition) is 6. The Kier molecular flexibility index (Phi) is 6.56. The number of fused-ring (bicyclic) bond motifs is 1. The molecule has 10 heteroatoms. The number of benzene rings is 2. The number of nitrogens with zero attached hydrogens (tertiary/aromatic N) is 3. The number of nitriles is 1. The van der Waals surface area contributed by atoms with Crippen LogP contribution in [0, 0.1) is 22.7 Å². The summed E-state index contributed by atoms with van der Waals surface area (Å²) >= 11 is 0. The number of aliphatic hydroxyl groups is 1. The predicted molar refractivity (Wildman–Crippen MR) is 121 cm³/mol. The van der Waals surface area contributed by atoms with E-state index in [2.05, 4.69) is 0 Å². The molecule has 0 spiro atoms. The number of anilines is 1. The average Bonchev–Trinajstić information content (AvgIpc) is 3.26. The first-order valence-electron chi connectivity index (χ1n) is 11.1. The third-order valence-corrected chi connectivity index (χ3v) is 7.17. The Morgan fingerprint density at radius 3 is 2.46 bits per heavy atom. The van der Waals surface area contributed by atoms with Crippen LogP contribution >= 0.6 is 0 Å². The van der Waals surface area contributed by atoms with E-state index < -0.39 is 22.7 Å². The van der Waals surface area contributed by atoms with Gasteiger partial charge in [0.1, 0.15) is 17.1 Å². The van der Waals surface area contributed by atoms with E-state index in [0.29, 0.717) is 55.3 Å². The minimum absolute atomic E-state index is 0.142. The molecule has 1 N–H and O–H groups in total. The van der Waals surface area contributed by atoms with Crippen LogP contribution < -0.4 is 14.4 Å². The highest BCUT2D eigenvalue weighted by Crippen LogP contribution is 2.45. The summed E-state index contributed by atoms with van der Waals surface area (Å²) in [6.07, 6.45) is -4.16. The third kappa shape index (κ3) is 4.36. The van der Waals surface area contributed by atoms with E-state index in [-0.39, 0.29) is 18.4 Å². The molecule has 2 heterocycles. The molecule has 7 nitrogen and oxygen atoms in total. The lowest BCUT2D eigenvalue weighted by molar-refractivity contribution is -0.137. The first-order valence-corrected chi connectivity index (χ1v) is 11.1. The van der Waals surface area contributed by atoms with Gasteiger partial charge in [-0.15, -0.1) is 0 Å². The van der Waals surface area contributed by atoms with E-state index in [0.717, 1.165) is 6.07 Å². The molecule has 0 saturated carbocycles.